The lowest BCUT2D eigenvalue weighted by Gasteiger charge is -2.27. The Labute approximate surface area is 167 Å². The summed E-state index contributed by atoms with van der Waals surface area (Å²) in [6.07, 6.45) is 1.33. The van der Waals surface area contributed by atoms with Crippen LogP contribution in [0.5, 0.6) is 0 Å². The maximum Gasteiger partial charge on any atom is 0.326 e. The molecule has 0 aromatic rings. The molecule has 0 aromatic carbocycles. The van der Waals surface area contributed by atoms with E-state index in [4.69, 9.17) is 5.73 Å². The van der Waals surface area contributed by atoms with Crippen LogP contribution in [0.2, 0.25) is 0 Å². The van der Waals surface area contributed by atoms with Crippen LogP contribution in [0.1, 0.15) is 54.4 Å². The highest BCUT2D eigenvalue weighted by Crippen LogP contribution is 2.10. The van der Waals surface area contributed by atoms with Gasteiger partial charge in [-0.3, -0.25) is 14.4 Å². The van der Waals surface area contributed by atoms with Crippen molar-refractivity contribution in [2.45, 2.75) is 72.5 Å². The van der Waals surface area contributed by atoms with Gasteiger partial charge < -0.3 is 26.8 Å². The minimum Gasteiger partial charge on any atom is -0.480 e. The van der Waals surface area contributed by atoms with Crippen molar-refractivity contribution in [3.8, 4) is 0 Å². The summed E-state index contributed by atoms with van der Waals surface area (Å²) in [6.45, 7) is 10.5. The van der Waals surface area contributed by atoms with Crippen molar-refractivity contribution in [1.82, 2.24) is 16.0 Å². The van der Waals surface area contributed by atoms with E-state index in [0.717, 1.165) is 6.42 Å². The van der Waals surface area contributed by atoms with Crippen LogP contribution in [0.25, 0.3) is 0 Å². The van der Waals surface area contributed by atoms with Crippen molar-refractivity contribution < 1.29 is 24.3 Å². The SMILES string of the molecule is CCC(C)C(N)C(=O)NCC(=O)NC(C(=O)NC(C(=O)O)C(C)C)C(C)CC. The summed E-state index contributed by atoms with van der Waals surface area (Å²) in [4.78, 5) is 48.1. The highest BCUT2D eigenvalue weighted by Gasteiger charge is 2.31. The monoisotopic (exact) mass is 400 g/mol. The Morgan fingerprint density at radius 1 is 0.857 bits per heavy atom. The van der Waals surface area contributed by atoms with Crippen LogP contribution < -0.4 is 21.7 Å². The second kappa shape index (κ2) is 12.3. The van der Waals surface area contributed by atoms with Crippen LogP contribution in [0.15, 0.2) is 0 Å². The number of nitrogens with two attached hydrogens (primary N) is 1. The van der Waals surface area contributed by atoms with Crippen molar-refractivity contribution in [2.24, 2.45) is 23.5 Å². The van der Waals surface area contributed by atoms with Gasteiger partial charge in [0, 0.05) is 0 Å². The molecule has 0 spiro atoms. The molecule has 0 aliphatic rings. The fourth-order valence-electron chi connectivity index (χ4n) is 2.48. The van der Waals surface area contributed by atoms with Crippen LogP contribution in [-0.2, 0) is 19.2 Å². The topological polar surface area (TPSA) is 151 Å². The third-order valence-electron chi connectivity index (χ3n) is 5.03. The first-order valence-electron chi connectivity index (χ1n) is 9.81. The molecule has 0 aliphatic carbocycles. The van der Waals surface area contributed by atoms with Gasteiger partial charge in [0.05, 0.1) is 12.6 Å². The molecule has 0 saturated heterocycles. The van der Waals surface area contributed by atoms with E-state index in [-0.39, 0.29) is 24.3 Å². The molecular formula is C19H36N4O5. The Hall–Kier alpha value is -2.16. The Kier molecular flexibility index (Phi) is 11.4. The number of nitrogens with one attached hydrogen (secondary N) is 3. The van der Waals surface area contributed by atoms with Gasteiger partial charge in [-0.1, -0.05) is 54.4 Å². The minimum atomic E-state index is -1.14. The van der Waals surface area contributed by atoms with Gasteiger partial charge in [0.1, 0.15) is 12.1 Å². The number of carboxylic acids is 1. The number of carbonyl (C=O) groups excluding carboxylic acids is 3. The fraction of sp³-hybridized carbons (Fsp3) is 0.789. The Balaban J connectivity index is 4.96. The van der Waals surface area contributed by atoms with E-state index in [1.165, 1.54) is 0 Å². The average Bonchev–Trinajstić information content (AvgIpc) is 2.65. The molecule has 0 rings (SSSR count). The Morgan fingerprint density at radius 3 is 1.82 bits per heavy atom. The van der Waals surface area contributed by atoms with Crippen molar-refractivity contribution in [3.63, 3.8) is 0 Å². The second-order valence-corrected chi connectivity index (χ2v) is 7.63. The molecule has 0 aromatic heterocycles. The number of aliphatic carboxylic acids is 1. The number of rotatable bonds is 12. The maximum absolute atomic E-state index is 12.6. The molecule has 9 heteroatoms. The summed E-state index contributed by atoms with van der Waals surface area (Å²) in [5, 5.41) is 16.8. The van der Waals surface area contributed by atoms with Crippen LogP contribution in [0.3, 0.4) is 0 Å². The van der Waals surface area contributed by atoms with Gasteiger partial charge in [-0.25, -0.2) is 4.79 Å². The van der Waals surface area contributed by atoms with E-state index in [2.05, 4.69) is 16.0 Å². The number of carbonyl (C=O) groups is 4. The normalized spacial score (nSPS) is 16.4. The zero-order valence-corrected chi connectivity index (χ0v) is 17.7. The highest BCUT2D eigenvalue weighted by molar-refractivity contribution is 5.92. The van der Waals surface area contributed by atoms with Crippen molar-refractivity contribution in [2.75, 3.05) is 6.54 Å². The summed E-state index contributed by atoms with van der Waals surface area (Å²) in [7, 11) is 0. The van der Waals surface area contributed by atoms with Gasteiger partial charge in [0.25, 0.3) is 0 Å². The maximum atomic E-state index is 12.6. The molecule has 0 aliphatic heterocycles. The summed E-state index contributed by atoms with van der Waals surface area (Å²) in [5.41, 5.74) is 5.82. The van der Waals surface area contributed by atoms with Crippen LogP contribution >= 0.6 is 0 Å². The summed E-state index contributed by atoms with van der Waals surface area (Å²) < 4.78 is 0. The molecule has 0 heterocycles. The molecular weight excluding hydrogens is 364 g/mol. The minimum absolute atomic E-state index is 0.0225. The zero-order chi connectivity index (χ0) is 22.0. The van der Waals surface area contributed by atoms with Gasteiger partial charge in [0.2, 0.25) is 17.7 Å². The van der Waals surface area contributed by atoms with Gasteiger partial charge in [-0.05, 0) is 17.8 Å². The smallest absolute Gasteiger partial charge is 0.326 e. The fourth-order valence-corrected chi connectivity index (χ4v) is 2.48. The third kappa shape index (κ3) is 8.24. The zero-order valence-electron chi connectivity index (χ0n) is 17.7. The van der Waals surface area contributed by atoms with Gasteiger partial charge >= 0.3 is 5.97 Å². The molecule has 28 heavy (non-hydrogen) atoms. The lowest BCUT2D eigenvalue weighted by Crippen LogP contribution is -2.56. The van der Waals surface area contributed by atoms with Crippen molar-refractivity contribution in [3.05, 3.63) is 0 Å². The number of hydrogen-bond donors (Lipinski definition) is 5. The first kappa shape index (κ1) is 25.8. The van der Waals surface area contributed by atoms with Crippen LogP contribution in [0.4, 0.5) is 0 Å². The third-order valence-corrected chi connectivity index (χ3v) is 5.03. The van der Waals surface area contributed by atoms with Crippen LogP contribution in [-0.4, -0.2) is 53.5 Å². The molecule has 0 radical (unpaired) electrons. The first-order chi connectivity index (χ1) is 13.0. The first-order valence-corrected chi connectivity index (χ1v) is 9.81. The summed E-state index contributed by atoms with van der Waals surface area (Å²) in [5.74, 6) is -3.22. The van der Waals surface area contributed by atoms with E-state index in [9.17, 15) is 24.3 Å². The second-order valence-electron chi connectivity index (χ2n) is 7.63. The predicted octanol–water partition coefficient (Wildman–Crippen LogP) is 0.232. The van der Waals surface area contributed by atoms with E-state index in [1.807, 2.05) is 20.8 Å². The molecule has 5 atom stereocenters. The summed E-state index contributed by atoms with van der Waals surface area (Å²) >= 11 is 0. The molecule has 9 nitrogen and oxygen atoms in total. The van der Waals surface area contributed by atoms with E-state index >= 15 is 0 Å². The lowest BCUT2D eigenvalue weighted by atomic mass is 9.96. The molecule has 162 valence electrons. The van der Waals surface area contributed by atoms with Crippen molar-refractivity contribution in [1.29, 1.82) is 0 Å². The number of amides is 3. The number of hydrogen-bond acceptors (Lipinski definition) is 5. The van der Waals surface area contributed by atoms with E-state index < -0.39 is 41.8 Å². The quantitative estimate of drug-likeness (QED) is 0.316. The van der Waals surface area contributed by atoms with Gasteiger partial charge in [-0.15, -0.1) is 0 Å². The van der Waals surface area contributed by atoms with Gasteiger partial charge in [0.15, 0.2) is 0 Å². The lowest BCUT2D eigenvalue weighted by molar-refractivity contribution is -0.143. The molecule has 3 amide bonds. The molecule has 0 saturated carbocycles. The Morgan fingerprint density at radius 2 is 1.39 bits per heavy atom. The number of carboxylic acid groups (broad SMARTS) is 1. The van der Waals surface area contributed by atoms with E-state index in [1.54, 1.807) is 20.8 Å². The Bertz CT molecular complexity index is 552. The highest BCUT2D eigenvalue weighted by atomic mass is 16.4. The molecule has 6 N–H and O–H groups in total. The standard InChI is InChI=1S/C19H36N4O5/c1-7-11(5)14(20)17(25)21-9-13(24)22-16(12(6)8-2)18(26)23-15(10(3)4)19(27)28/h10-12,14-16H,7-9,20H2,1-6H3,(H,21,25)(H,22,24)(H,23,26)(H,27,28). The van der Waals surface area contributed by atoms with Crippen LogP contribution in [0, 0.1) is 17.8 Å². The average molecular weight is 401 g/mol. The molecule has 0 bridgehead atoms. The largest absolute Gasteiger partial charge is 0.480 e. The molecule has 5 unspecified atom stereocenters. The van der Waals surface area contributed by atoms with Gasteiger partial charge in [-0.2, -0.15) is 0 Å². The van der Waals surface area contributed by atoms with Crippen molar-refractivity contribution >= 4 is 23.7 Å². The van der Waals surface area contributed by atoms with E-state index in [0.29, 0.717) is 6.42 Å². The molecule has 0 fully saturated rings. The predicted molar refractivity (Wildman–Crippen MR) is 106 cm³/mol. The summed E-state index contributed by atoms with van der Waals surface area (Å²) in [6, 6.07) is -2.67.